The Kier molecular flexibility index (Phi) is 6.57. The Morgan fingerprint density at radius 2 is 2.16 bits per heavy atom. The largest absolute Gasteiger partial charge is 0.370 e. The molecular weight excluding hydrogens is 264 g/mol. The molecule has 1 rings (SSSR count). The Hall–Kier alpha value is -0.820. The quantitative estimate of drug-likeness (QED) is 0.384. The Labute approximate surface area is 116 Å². The predicted molar refractivity (Wildman–Crippen MR) is 78.5 cm³/mol. The van der Waals surface area contributed by atoms with Crippen molar-refractivity contribution in [3.8, 4) is 0 Å². The predicted octanol–water partition coefficient (Wildman–Crippen LogP) is 0.362. The highest BCUT2D eigenvalue weighted by Crippen LogP contribution is 2.26. The van der Waals surface area contributed by atoms with Crippen molar-refractivity contribution in [1.29, 1.82) is 0 Å². The fourth-order valence-corrected chi connectivity index (χ4v) is 2.68. The molecule has 3 N–H and O–H groups in total. The minimum atomic E-state index is -3.07. The molecule has 0 aromatic heterocycles. The number of nitrogens with one attached hydrogen (secondary N) is 1. The number of hydrogen-bond donors (Lipinski definition) is 2. The molecule has 0 aromatic carbocycles. The molecule has 0 bridgehead atoms. The first-order chi connectivity index (χ1) is 8.95. The molecule has 0 aliphatic heterocycles. The Morgan fingerprint density at radius 3 is 2.68 bits per heavy atom. The molecular formula is C12H26N4O2S. The van der Waals surface area contributed by atoms with Crippen LogP contribution in [0.2, 0.25) is 0 Å². The van der Waals surface area contributed by atoms with Crippen molar-refractivity contribution in [1.82, 2.24) is 9.62 Å². The zero-order valence-electron chi connectivity index (χ0n) is 11.9. The van der Waals surface area contributed by atoms with Gasteiger partial charge in [0.2, 0.25) is 10.0 Å². The smallest absolute Gasteiger partial charge is 0.213 e. The first kappa shape index (κ1) is 16.2. The van der Waals surface area contributed by atoms with Gasteiger partial charge in [-0.25, -0.2) is 12.7 Å². The summed E-state index contributed by atoms with van der Waals surface area (Å²) in [5.41, 5.74) is 5.74. The number of nitrogens with zero attached hydrogens (tertiary/aromatic N) is 2. The van der Waals surface area contributed by atoms with Crippen molar-refractivity contribution in [2.75, 3.05) is 32.4 Å². The minimum Gasteiger partial charge on any atom is -0.370 e. The first-order valence-electron chi connectivity index (χ1n) is 6.93. The zero-order valence-corrected chi connectivity index (χ0v) is 12.7. The number of aliphatic imine (C=N–C) groups is 1. The molecule has 0 aromatic rings. The molecule has 0 unspecified atom stereocenters. The lowest BCUT2D eigenvalue weighted by Gasteiger charge is -2.23. The van der Waals surface area contributed by atoms with Gasteiger partial charge in [0.1, 0.15) is 0 Å². The van der Waals surface area contributed by atoms with E-state index in [0.717, 1.165) is 13.0 Å². The summed E-state index contributed by atoms with van der Waals surface area (Å²) in [4.78, 5) is 4.28. The van der Waals surface area contributed by atoms with Crippen LogP contribution < -0.4 is 11.1 Å². The van der Waals surface area contributed by atoms with Crippen LogP contribution in [0, 0.1) is 5.92 Å². The third kappa shape index (κ3) is 5.78. The number of nitrogens with two attached hydrogens (primary N) is 1. The molecule has 1 aliphatic rings. The van der Waals surface area contributed by atoms with Crippen molar-refractivity contribution in [3.05, 3.63) is 0 Å². The van der Waals surface area contributed by atoms with E-state index in [1.807, 2.05) is 0 Å². The van der Waals surface area contributed by atoms with Gasteiger partial charge < -0.3 is 11.1 Å². The summed E-state index contributed by atoms with van der Waals surface area (Å²) in [6.07, 6.45) is 4.55. The minimum absolute atomic E-state index is 0.141. The van der Waals surface area contributed by atoms with Gasteiger partial charge in [0.05, 0.1) is 5.75 Å². The second-order valence-electron chi connectivity index (χ2n) is 5.03. The van der Waals surface area contributed by atoms with E-state index in [4.69, 9.17) is 5.73 Å². The third-order valence-electron chi connectivity index (χ3n) is 3.54. The normalized spacial score (nSPS) is 17.5. The van der Waals surface area contributed by atoms with Crippen LogP contribution in [0.25, 0.3) is 0 Å². The van der Waals surface area contributed by atoms with E-state index in [9.17, 15) is 8.42 Å². The highest BCUT2D eigenvalue weighted by molar-refractivity contribution is 7.89. The summed E-state index contributed by atoms with van der Waals surface area (Å²) >= 11 is 0. The average Bonchev–Trinajstić information content (AvgIpc) is 2.32. The summed E-state index contributed by atoms with van der Waals surface area (Å²) in [6.45, 7) is 3.60. The van der Waals surface area contributed by atoms with E-state index >= 15 is 0 Å². The molecule has 7 heteroatoms. The second-order valence-corrected chi connectivity index (χ2v) is 7.39. The lowest BCUT2D eigenvalue weighted by atomic mass is 9.86. The second kappa shape index (κ2) is 7.69. The lowest BCUT2D eigenvalue weighted by molar-refractivity contribution is 0.326. The van der Waals surface area contributed by atoms with Crippen LogP contribution in [-0.2, 0) is 10.0 Å². The summed E-state index contributed by atoms with van der Waals surface area (Å²) in [5, 5.41) is 3.02. The van der Waals surface area contributed by atoms with Gasteiger partial charge in [-0.05, 0) is 32.1 Å². The van der Waals surface area contributed by atoms with Gasteiger partial charge in [-0.3, -0.25) is 4.99 Å². The monoisotopic (exact) mass is 290 g/mol. The number of rotatable bonds is 8. The Balaban J connectivity index is 2.12. The van der Waals surface area contributed by atoms with Gasteiger partial charge in [0, 0.05) is 26.7 Å². The molecule has 1 fully saturated rings. The van der Waals surface area contributed by atoms with Gasteiger partial charge in [-0.2, -0.15) is 0 Å². The first-order valence-corrected chi connectivity index (χ1v) is 8.54. The molecule has 112 valence electrons. The average molecular weight is 290 g/mol. The molecule has 1 aliphatic carbocycles. The van der Waals surface area contributed by atoms with E-state index in [1.165, 1.54) is 23.6 Å². The fourth-order valence-electron chi connectivity index (χ4n) is 1.84. The van der Waals surface area contributed by atoms with E-state index in [1.54, 1.807) is 14.0 Å². The van der Waals surface area contributed by atoms with Crippen LogP contribution in [0.3, 0.4) is 0 Å². The summed E-state index contributed by atoms with van der Waals surface area (Å²) < 4.78 is 24.4. The molecule has 19 heavy (non-hydrogen) atoms. The van der Waals surface area contributed by atoms with Crippen LogP contribution in [0.15, 0.2) is 4.99 Å². The van der Waals surface area contributed by atoms with Crippen LogP contribution in [0.1, 0.15) is 32.6 Å². The summed E-state index contributed by atoms with van der Waals surface area (Å²) in [7, 11) is -1.47. The molecule has 0 atom stereocenters. The van der Waals surface area contributed by atoms with Gasteiger partial charge in [-0.1, -0.05) is 6.42 Å². The van der Waals surface area contributed by atoms with Gasteiger partial charge in [-0.15, -0.1) is 0 Å². The fraction of sp³-hybridized carbons (Fsp3) is 0.917. The Morgan fingerprint density at radius 1 is 1.47 bits per heavy atom. The number of hydrogen-bond acceptors (Lipinski definition) is 3. The van der Waals surface area contributed by atoms with Crippen LogP contribution in [-0.4, -0.2) is 51.1 Å². The summed E-state index contributed by atoms with van der Waals surface area (Å²) in [5.74, 6) is 1.32. The van der Waals surface area contributed by atoms with Crippen molar-refractivity contribution < 1.29 is 8.42 Å². The maximum absolute atomic E-state index is 11.5. The van der Waals surface area contributed by atoms with E-state index in [-0.39, 0.29) is 5.75 Å². The number of guanidine groups is 1. The van der Waals surface area contributed by atoms with E-state index in [0.29, 0.717) is 25.0 Å². The van der Waals surface area contributed by atoms with E-state index < -0.39 is 10.0 Å². The molecule has 1 saturated carbocycles. The Bertz CT molecular complexity index is 391. The molecule has 0 amide bonds. The molecule has 0 heterocycles. The number of sulfonamides is 1. The molecule has 0 radical (unpaired) electrons. The SMILES string of the molecule is CCS(=O)(=O)N(C)CCCNC(N)=NCC1CCC1. The highest BCUT2D eigenvalue weighted by atomic mass is 32.2. The van der Waals surface area contributed by atoms with Crippen molar-refractivity contribution in [3.63, 3.8) is 0 Å². The van der Waals surface area contributed by atoms with Crippen LogP contribution in [0.4, 0.5) is 0 Å². The van der Waals surface area contributed by atoms with Gasteiger partial charge >= 0.3 is 0 Å². The summed E-state index contributed by atoms with van der Waals surface area (Å²) in [6, 6.07) is 0. The topological polar surface area (TPSA) is 87.8 Å². The lowest BCUT2D eigenvalue weighted by Crippen LogP contribution is -2.36. The molecule has 0 spiro atoms. The van der Waals surface area contributed by atoms with Gasteiger partial charge in [0.25, 0.3) is 0 Å². The maximum atomic E-state index is 11.5. The zero-order chi connectivity index (χ0) is 14.3. The van der Waals surface area contributed by atoms with Crippen molar-refractivity contribution in [2.45, 2.75) is 32.6 Å². The van der Waals surface area contributed by atoms with Crippen molar-refractivity contribution >= 4 is 16.0 Å². The maximum Gasteiger partial charge on any atom is 0.213 e. The van der Waals surface area contributed by atoms with Crippen LogP contribution in [0.5, 0.6) is 0 Å². The van der Waals surface area contributed by atoms with Crippen LogP contribution >= 0.6 is 0 Å². The highest BCUT2D eigenvalue weighted by Gasteiger charge is 2.16. The third-order valence-corrected chi connectivity index (χ3v) is 5.40. The van der Waals surface area contributed by atoms with Gasteiger partial charge in [0.15, 0.2) is 5.96 Å². The standard InChI is InChI=1S/C12H26N4O2S/c1-3-19(17,18)16(2)9-5-8-14-12(13)15-10-11-6-4-7-11/h11H,3-10H2,1-2H3,(H3,13,14,15). The van der Waals surface area contributed by atoms with Crippen molar-refractivity contribution in [2.24, 2.45) is 16.6 Å². The molecule has 6 nitrogen and oxygen atoms in total. The molecule has 0 saturated heterocycles. The van der Waals surface area contributed by atoms with E-state index in [2.05, 4.69) is 10.3 Å².